The van der Waals surface area contributed by atoms with Gasteiger partial charge in [-0.25, -0.2) is 10.9 Å². The van der Waals surface area contributed by atoms with Crippen LogP contribution in [0.2, 0.25) is 0 Å². The molecular formula is C21H26N4O3S. The first-order valence-electron chi connectivity index (χ1n) is 9.38. The van der Waals surface area contributed by atoms with Gasteiger partial charge in [0.1, 0.15) is 17.3 Å². The van der Waals surface area contributed by atoms with Crippen molar-refractivity contribution >= 4 is 29.3 Å². The van der Waals surface area contributed by atoms with Crippen LogP contribution in [0.25, 0.3) is 0 Å². The van der Waals surface area contributed by atoms with Gasteiger partial charge in [-0.05, 0) is 55.2 Å². The lowest BCUT2D eigenvalue weighted by atomic mass is 10.1. The predicted molar refractivity (Wildman–Crippen MR) is 116 cm³/mol. The van der Waals surface area contributed by atoms with E-state index in [0.29, 0.717) is 6.42 Å². The van der Waals surface area contributed by atoms with Crippen molar-refractivity contribution in [3.63, 3.8) is 0 Å². The van der Waals surface area contributed by atoms with Crippen LogP contribution in [-0.4, -0.2) is 36.2 Å². The smallest absolute Gasteiger partial charge is 0.240 e. The molecular weight excluding hydrogens is 388 g/mol. The molecule has 2 atom stereocenters. The van der Waals surface area contributed by atoms with E-state index in [1.807, 2.05) is 56.3 Å². The number of nitrogens with one attached hydrogen (secondary N) is 4. The second kappa shape index (κ2) is 9.78. The van der Waals surface area contributed by atoms with E-state index >= 15 is 0 Å². The van der Waals surface area contributed by atoms with Crippen molar-refractivity contribution < 1.29 is 14.3 Å². The molecule has 0 aromatic heterocycles. The second-order valence-electron chi connectivity index (χ2n) is 6.89. The van der Waals surface area contributed by atoms with Gasteiger partial charge in [-0.2, -0.15) is 0 Å². The molecule has 1 fully saturated rings. The molecule has 1 aliphatic rings. The van der Waals surface area contributed by atoms with E-state index in [2.05, 4.69) is 21.5 Å². The van der Waals surface area contributed by atoms with Crippen molar-refractivity contribution in [2.45, 2.75) is 31.8 Å². The third kappa shape index (κ3) is 5.72. The standard InChI is InChI=1S/C21H26N4O3S/c1-13-5-4-6-17(14(13)2)22-19(26)12-29-21-23-20(27)18(24-25-21)11-15-7-9-16(28-3)10-8-15/h4-10,18,21,24-25H,11-12H2,1-3H3,(H,22,26)(H,23,27). The van der Waals surface area contributed by atoms with Crippen molar-refractivity contribution in [3.8, 4) is 5.75 Å². The summed E-state index contributed by atoms with van der Waals surface area (Å²) in [5.41, 5.74) is 9.75. The molecule has 0 radical (unpaired) electrons. The van der Waals surface area contributed by atoms with Crippen LogP contribution in [-0.2, 0) is 16.0 Å². The summed E-state index contributed by atoms with van der Waals surface area (Å²) in [6, 6.07) is 13.0. The number of hydrogen-bond donors (Lipinski definition) is 4. The number of amides is 2. The van der Waals surface area contributed by atoms with E-state index in [1.165, 1.54) is 11.8 Å². The molecule has 1 heterocycles. The highest BCUT2D eigenvalue weighted by molar-refractivity contribution is 8.00. The molecule has 0 bridgehead atoms. The van der Waals surface area contributed by atoms with Crippen LogP contribution in [0.1, 0.15) is 16.7 Å². The Morgan fingerprint density at radius 1 is 1.14 bits per heavy atom. The van der Waals surface area contributed by atoms with E-state index in [4.69, 9.17) is 4.74 Å². The van der Waals surface area contributed by atoms with Gasteiger partial charge in [0.25, 0.3) is 0 Å². The molecule has 4 N–H and O–H groups in total. The molecule has 0 saturated carbocycles. The molecule has 154 valence electrons. The van der Waals surface area contributed by atoms with Crippen molar-refractivity contribution in [3.05, 3.63) is 59.2 Å². The van der Waals surface area contributed by atoms with Gasteiger partial charge in [0.2, 0.25) is 11.8 Å². The van der Waals surface area contributed by atoms with Gasteiger partial charge in [0.05, 0.1) is 12.9 Å². The van der Waals surface area contributed by atoms with E-state index < -0.39 is 0 Å². The van der Waals surface area contributed by atoms with Crippen molar-refractivity contribution in [2.75, 3.05) is 18.2 Å². The number of methoxy groups -OCH3 is 1. The minimum atomic E-state index is -0.385. The number of carbonyl (C=O) groups excluding carboxylic acids is 2. The summed E-state index contributed by atoms with van der Waals surface area (Å²) in [6.45, 7) is 3.99. The Morgan fingerprint density at radius 3 is 2.59 bits per heavy atom. The molecule has 3 rings (SSSR count). The third-order valence-electron chi connectivity index (χ3n) is 4.84. The highest BCUT2D eigenvalue weighted by Gasteiger charge is 2.27. The summed E-state index contributed by atoms with van der Waals surface area (Å²) in [5, 5.41) is 5.82. The van der Waals surface area contributed by atoms with Crippen molar-refractivity contribution in [1.29, 1.82) is 0 Å². The fourth-order valence-corrected chi connectivity index (χ4v) is 3.70. The van der Waals surface area contributed by atoms with E-state index in [1.54, 1.807) is 7.11 Å². The summed E-state index contributed by atoms with van der Waals surface area (Å²) in [7, 11) is 1.62. The topological polar surface area (TPSA) is 91.5 Å². The average Bonchev–Trinajstić information content (AvgIpc) is 2.72. The van der Waals surface area contributed by atoms with Gasteiger partial charge in [-0.15, -0.1) is 11.8 Å². The Kier molecular flexibility index (Phi) is 7.13. The van der Waals surface area contributed by atoms with Gasteiger partial charge in [0, 0.05) is 5.69 Å². The normalized spacial score (nSPS) is 18.8. The number of carbonyl (C=O) groups is 2. The highest BCUT2D eigenvalue weighted by Crippen LogP contribution is 2.19. The number of rotatable bonds is 7. The predicted octanol–water partition coefficient (Wildman–Crippen LogP) is 2.10. The number of ether oxygens (including phenoxy) is 1. The molecule has 2 amide bonds. The van der Waals surface area contributed by atoms with Gasteiger partial charge < -0.3 is 15.4 Å². The number of hydrazine groups is 1. The monoisotopic (exact) mass is 414 g/mol. The maximum absolute atomic E-state index is 12.4. The van der Waals surface area contributed by atoms with E-state index in [9.17, 15) is 9.59 Å². The maximum Gasteiger partial charge on any atom is 0.240 e. The first-order chi connectivity index (χ1) is 14.0. The first-order valence-corrected chi connectivity index (χ1v) is 10.4. The molecule has 0 aliphatic carbocycles. The lowest BCUT2D eigenvalue weighted by Gasteiger charge is -2.31. The van der Waals surface area contributed by atoms with E-state index in [-0.39, 0.29) is 29.1 Å². The average molecular weight is 415 g/mol. The van der Waals surface area contributed by atoms with Crippen molar-refractivity contribution in [2.24, 2.45) is 0 Å². The summed E-state index contributed by atoms with van der Waals surface area (Å²) >= 11 is 1.32. The van der Waals surface area contributed by atoms with Gasteiger partial charge in [-0.1, -0.05) is 24.3 Å². The second-order valence-corrected chi connectivity index (χ2v) is 7.98. The number of benzene rings is 2. The molecule has 1 aliphatic heterocycles. The fraction of sp³-hybridized carbons (Fsp3) is 0.333. The van der Waals surface area contributed by atoms with Gasteiger partial charge in [-0.3, -0.25) is 9.59 Å². The first kappa shape index (κ1) is 21.2. The molecule has 1 saturated heterocycles. The van der Waals surface area contributed by atoms with Crippen LogP contribution < -0.4 is 26.2 Å². The Hall–Kier alpha value is -2.55. The molecule has 29 heavy (non-hydrogen) atoms. The Balaban J connectivity index is 1.45. The molecule has 7 nitrogen and oxygen atoms in total. The van der Waals surface area contributed by atoms with Crippen LogP contribution in [0.15, 0.2) is 42.5 Å². The summed E-state index contributed by atoms with van der Waals surface area (Å²) in [4.78, 5) is 24.7. The van der Waals surface area contributed by atoms with Gasteiger partial charge in [0.15, 0.2) is 0 Å². The minimum absolute atomic E-state index is 0.105. The quantitative estimate of drug-likeness (QED) is 0.555. The van der Waals surface area contributed by atoms with Crippen LogP contribution in [0.3, 0.4) is 0 Å². The summed E-state index contributed by atoms with van der Waals surface area (Å²) in [6.07, 6.45) is 0.549. The number of hydrogen-bond acceptors (Lipinski definition) is 6. The van der Waals surface area contributed by atoms with E-state index in [0.717, 1.165) is 28.1 Å². The number of anilines is 1. The Labute approximate surface area is 174 Å². The Bertz CT molecular complexity index is 873. The van der Waals surface area contributed by atoms with Crippen LogP contribution in [0.4, 0.5) is 5.69 Å². The molecule has 2 unspecified atom stereocenters. The molecule has 0 spiro atoms. The minimum Gasteiger partial charge on any atom is -0.497 e. The van der Waals surface area contributed by atoms with Gasteiger partial charge >= 0.3 is 0 Å². The molecule has 2 aromatic carbocycles. The Morgan fingerprint density at radius 2 is 1.90 bits per heavy atom. The fourth-order valence-electron chi connectivity index (χ4n) is 2.96. The zero-order chi connectivity index (χ0) is 20.8. The zero-order valence-corrected chi connectivity index (χ0v) is 17.6. The third-order valence-corrected chi connectivity index (χ3v) is 5.84. The largest absolute Gasteiger partial charge is 0.497 e. The van der Waals surface area contributed by atoms with Crippen molar-refractivity contribution in [1.82, 2.24) is 16.2 Å². The number of aryl methyl sites for hydroxylation is 1. The lowest BCUT2D eigenvalue weighted by molar-refractivity contribution is -0.125. The van der Waals surface area contributed by atoms with Crippen LogP contribution in [0, 0.1) is 13.8 Å². The summed E-state index contributed by atoms with van der Waals surface area (Å²) in [5.74, 6) is 0.784. The SMILES string of the molecule is COc1ccc(CC2NNC(SCC(=O)Nc3cccc(C)c3C)NC2=O)cc1. The van der Waals surface area contributed by atoms with Crippen LogP contribution >= 0.6 is 11.8 Å². The zero-order valence-electron chi connectivity index (χ0n) is 16.7. The lowest BCUT2D eigenvalue weighted by Crippen LogP contribution is -2.64. The summed E-state index contributed by atoms with van der Waals surface area (Å²) < 4.78 is 5.15. The number of thioether (sulfide) groups is 1. The molecule has 2 aromatic rings. The highest BCUT2D eigenvalue weighted by atomic mass is 32.2. The van der Waals surface area contributed by atoms with Crippen LogP contribution in [0.5, 0.6) is 5.75 Å². The molecule has 8 heteroatoms. The maximum atomic E-state index is 12.4.